The van der Waals surface area contributed by atoms with Crippen LogP contribution in [0.5, 0.6) is 0 Å². The lowest BCUT2D eigenvalue weighted by Crippen LogP contribution is -2.66. The molecule has 0 radical (unpaired) electrons. The number of rotatable bonds is 32. The molecule has 2 saturated heterocycles. The van der Waals surface area contributed by atoms with Crippen molar-refractivity contribution in [1.29, 1.82) is 0 Å². The maximum absolute atomic E-state index is 7.50. The molecule has 0 aromatic heterocycles. The van der Waals surface area contributed by atoms with Gasteiger partial charge in [0, 0.05) is 20.3 Å². The van der Waals surface area contributed by atoms with E-state index in [9.17, 15) is 0 Å². The molecule has 384 valence electrons. The van der Waals surface area contributed by atoms with Crippen molar-refractivity contribution in [3.8, 4) is 0 Å². The van der Waals surface area contributed by atoms with E-state index in [1.165, 1.54) is 0 Å². The Morgan fingerprint density at radius 3 is 1.13 bits per heavy atom. The SMILES string of the molecule is CCCCCCO[C@H]1[C@@H](OCCCCCC)[C@@H](COCc2ccccc2)O[C@@H](O[C@H]2[C@H](OCc3ccccc3)[C@@H](OCc3ccccc3)[C@H](OC)O[C@@H]2COCc2ccccc2)[C@@H]1OCc1ccccc1. The van der Waals surface area contributed by atoms with Crippen molar-refractivity contribution >= 4 is 0 Å². The molecular formula is C60H78O11. The predicted molar refractivity (Wildman–Crippen MR) is 274 cm³/mol. The molecule has 11 nitrogen and oxygen atoms in total. The van der Waals surface area contributed by atoms with Crippen LogP contribution in [0.25, 0.3) is 0 Å². The van der Waals surface area contributed by atoms with E-state index >= 15 is 0 Å². The van der Waals surface area contributed by atoms with Crippen LogP contribution >= 0.6 is 0 Å². The Bertz CT molecular complexity index is 2100. The van der Waals surface area contributed by atoms with Crippen LogP contribution in [0.4, 0.5) is 0 Å². The third kappa shape index (κ3) is 17.7. The van der Waals surface area contributed by atoms with Gasteiger partial charge in [0.15, 0.2) is 12.6 Å². The number of hydrogen-bond acceptors (Lipinski definition) is 11. The Hall–Kier alpha value is -4.34. The zero-order chi connectivity index (χ0) is 49.1. The average Bonchev–Trinajstić information content (AvgIpc) is 3.41. The molecular weight excluding hydrogens is 897 g/mol. The van der Waals surface area contributed by atoms with Gasteiger partial charge in [-0.05, 0) is 40.7 Å². The van der Waals surface area contributed by atoms with Gasteiger partial charge in [-0.2, -0.15) is 0 Å². The molecule has 0 aliphatic carbocycles. The number of benzene rings is 5. The van der Waals surface area contributed by atoms with Crippen LogP contribution < -0.4 is 0 Å². The Kier molecular flexibility index (Phi) is 24.0. The van der Waals surface area contributed by atoms with E-state index in [-0.39, 0.29) is 33.0 Å². The first-order valence-electron chi connectivity index (χ1n) is 26.1. The Morgan fingerprint density at radius 2 is 0.704 bits per heavy atom. The number of unbranched alkanes of at least 4 members (excludes halogenated alkanes) is 6. The molecule has 2 heterocycles. The lowest BCUT2D eigenvalue weighted by molar-refractivity contribution is -0.375. The second kappa shape index (κ2) is 31.3. The van der Waals surface area contributed by atoms with Crippen LogP contribution in [0, 0.1) is 0 Å². The number of methoxy groups -OCH3 is 1. The van der Waals surface area contributed by atoms with E-state index in [1.807, 2.05) is 127 Å². The van der Waals surface area contributed by atoms with Gasteiger partial charge >= 0.3 is 0 Å². The average molecular weight is 975 g/mol. The third-order valence-corrected chi connectivity index (χ3v) is 13.0. The van der Waals surface area contributed by atoms with Gasteiger partial charge in [-0.3, -0.25) is 0 Å². The molecule has 71 heavy (non-hydrogen) atoms. The summed E-state index contributed by atoms with van der Waals surface area (Å²) in [7, 11) is 1.63. The van der Waals surface area contributed by atoms with Gasteiger partial charge in [0.2, 0.25) is 0 Å². The fourth-order valence-corrected chi connectivity index (χ4v) is 9.11. The van der Waals surface area contributed by atoms with E-state index in [1.54, 1.807) is 7.11 Å². The van der Waals surface area contributed by atoms with E-state index in [0.717, 1.165) is 79.2 Å². The van der Waals surface area contributed by atoms with Gasteiger partial charge < -0.3 is 52.1 Å². The first-order chi connectivity index (χ1) is 35.1. The maximum atomic E-state index is 7.50. The molecule has 0 spiro atoms. The summed E-state index contributed by atoms with van der Waals surface area (Å²) in [6, 6.07) is 50.6. The standard InChI is InChI=1S/C60H78O11/c1-4-6-8-25-37-64-53-51(44-62-39-46-27-15-10-16-28-46)70-60(58(55(53)65-38-26-9-7-5-2)68-43-50-35-23-14-24-36-50)71-54-52(45-63-40-47-29-17-11-18-30-47)69-59(61-3)57(67-42-49-33-21-13-22-34-49)56(54)66-41-48-31-19-12-20-32-48/h10-24,27-36,51-60H,4-9,25-26,37-45H2,1-3H3/t51-,52-,53+,54-,55+,56+,57-,58-,59-,60+/m1/s1. The zero-order valence-corrected chi connectivity index (χ0v) is 42.2. The molecule has 10 atom stereocenters. The summed E-state index contributed by atoms with van der Waals surface area (Å²) in [5.41, 5.74) is 5.10. The number of hydrogen-bond donors (Lipinski definition) is 0. The van der Waals surface area contributed by atoms with Crippen LogP contribution in [0.3, 0.4) is 0 Å². The highest BCUT2D eigenvalue weighted by Crippen LogP contribution is 2.36. The summed E-state index contributed by atoms with van der Waals surface area (Å²) in [5.74, 6) is 0. The monoisotopic (exact) mass is 975 g/mol. The highest BCUT2D eigenvalue weighted by atomic mass is 16.8. The topological polar surface area (TPSA) is 102 Å². The fourth-order valence-electron chi connectivity index (χ4n) is 9.11. The molecule has 2 aliphatic heterocycles. The molecule has 0 saturated carbocycles. The zero-order valence-electron chi connectivity index (χ0n) is 42.2. The van der Waals surface area contributed by atoms with Crippen molar-refractivity contribution in [3.63, 3.8) is 0 Å². The molecule has 7 rings (SSSR count). The first kappa shape index (κ1) is 54.4. The number of ether oxygens (including phenoxy) is 11. The first-order valence-corrected chi connectivity index (χ1v) is 26.1. The molecule has 11 heteroatoms. The Morgan fingerprint density at radius 1 is 0.352 bits per heavy atom. The van der Waals surface area contributed by atoms with Crippen LogP contribution in [-0.2, 0) is 85.1 Å². The van der Waals surface area contributed by atoms with E-state index in [0.29, 0.717) is 26.4 Å². The molecule has 0 unspecified atom stereocenters. The van der Waals surface area contributed by atoms with Gasteiger partial charge in [-0.25, -0.2) is 0 Å². The van der Waals surface area contributed by atoms with Crippen molar-refractivity contribution in [2.75, 3.05) is 33.5 Å². The smallest absolute Gasteiger partial charge is 0.187 e. The Balaban J connectivity index is 1.27. The van der Waals surface area contributed by atoms with E-state index in [4.69, 9.17) is 52.1 Å². The minimum atomic E-state index is -1.01. The van der Waals surface area contributed by atoms with Crippen molar-refractivity contribution in [1.82, 2.24) is 0 Å². The molecule has 5 aromatic carbocycles. The van der Waals surface area contributed by atoms with Crippen LogP contribution in [-0.4, -0.2) is 94.9 Å². The summed E-state index contributed by atoms with van der Waals surface area (Å²) in [5, 5.41) is 0. The van der Waals surface area contributed by atoms with E-state index < -0.39 is 61.4 Å². The normalized spacial score (nSPS) is 24.5. The minimum absolute atomic E-state index is 0.156. The molecule has 2 fully saturated rings. The van der Waals surface area contributed by atoms with Crippen LogP contribution in [0.2, 0.25) is 0 Å². The van der Waals surface area contributed by atoms with Crippen LogP contribution in [0.1, 0.15) is 93.0 Å². The van der Waals surface area contributed by atoms with Gasteiger partial charge in [-0.1, -0.05) is 204 Å². The predicted octanol–water partition coefficient (Wildman–Crippen LogP) is 11.6. The molecule has 0 bridgehead atoms. The summed E-state index contributed by atoms with van der Waals surface area (Å²) < 4.78 is 75.7. The maximum Gasteiger partial charge on any atom is 0.187 e. The third-order valence-electron chi connectivity index (χ3n) is 13.0. The quantitative estimate of drug-likeness (QED) is 0.0385. The summed E-state index contributed by atoms with van der Waals surface area (Å²) in [6.07, 6.45) is 1.13. The summed E-state index contributed by atoms with van der Waals surface area (Å²) >= 11 is 0. The van der Waals surface area contributed by atoms with Crippen molar-refractivity contribution in [3.05, 3.63) is 179 Å². The lowest BCUT2D eigenvalue weighted by atomic mass is 9.95. The second-order valence-electron chi connectivity index (χ2n) is 18.5. The Labute approximate surface area is 423 Å². The largest absolute Gasteiger partial charge is 0.374 e. The van der Waals surface area contributed by atoms with Gasteiger partial charge in [0.05, 0.1) is 46.2 Å². The fraction of sp³-hybridized carbons (Fsp3) is 0.500. The molecule has 0 amide bonds. The molecule has 2 aliphatic rings. The van der Waals surface area contributed by atoms with Crippen molar-refractivity contribution < 1.29 is 52.1 Å². The summed E-state index contributed by atoms with van der Waals surface area (Å²) in [6.45, 7) is 7.49. The van der Waals surface area contributed by atoms with Crippen molar-refractivity contribution in [2.45, 2.75) is 160 Å². The minimum Gasteiger partial charge on any atom is -0.374 e. The summed E-state index contributed by atoms with van der Waals surface area (Å²) in [4.78, 5) is 0. The lowest BCUT2D eigenvalue weighted by Gasteiger charge is -2.50. The highest BCUT2D eigenvalue weighted by Gasteiger charge is 2.54. The van der Waals surface area contributed by atoms with Crippen molar-refractivity contribution in [2.24, 2.45) is 0 Å². The van der Waals surface area contributed by atoms with Gasteiger partial charge in [0.25, 0.3) is 0 Å². The molecule has 0 N–H and O–H groups in total. The highest BCUT2D eigenvalue weighted by molar-refractivity contribution is 5.17. The molecule has 5 aromatic rings. The van der Waals surface area contributed by atoms with Gasteiger partial charge in [-0.15, -0.1) is 0 Å². The van der Waals surface area contributed by atoms with Crippen LogP contribution in [0.15, 0.2) is 152 Å². The van der Waals surface area contributed by atoms with Gasteiger partial charge in [0.1, 0.15) is 48.8 Å². The van der Waals surface area contributed by atoms with E-state index in [2.05, 4.69) is 38.1 Å². The second-order valence-corrected chi connectivity index (χ2v) is 18.5.